The van der Waals surface area contributed by atoms with Gasteiger partial charge in [-0.05, 0) is 18.1 Å². The van der Waals surface area contributed by atoms with Crippen LogP contribution in [0, 0.1) is 6.92 Å². The predicted octanol–water partition coefficient (Wildman–Crippen LogP) is 1.45. The maximum absolute atomic E-state index is 12.3. The minimum Gasteiger partial charge on any atom is -0.337 e. The van der Waals surface area contributed by atoms with Crippen LogP contribution in [0.4, 0.5) is 0 Å². The van der Waals surface area contributed by atoms with Crippen LogP contribution in [0.25, 0.3) is 0 Å². The lowest BCUT2D eigenvalue weighted by molar-refractivity contribution is 0.0784. The Morgan fingerprint density at radius 1 is 1.37 bits per heavy atom. The molecular weight excluding hydrogens is 240 g/mol. The Morgan fingerprint density at radius 2 is 2.05 bits per heavy atom. The van der Waals surface area contributed by atoms with Crippen molar-refractivity contribution in [3.05, 3.63) is 52.8 Å². The fraction of sp³-hybridized carbons (Fsp3) is 0.286. The van der Waals surface area contributed by atoms with Gasteiger partial charge in [-0.1, -0.05) is 24.3 Å². The summed E-state index contributed by atoms with van der Waals surface area (Å²) in [5, 5.41) is 6.65. The number of aromatic amines is 1. The van der Waals surface area contributed by atoms with Crippen LogP contribution in [0.5, 0.6) is 0 Å². The van der Waals surface area contributed by atoms with Crippen LogP contribution in [-0.2, 0) is 13.1 Å². The van der Waals surface area contributed by atoms with E-state index >= 15 is 0 Å². The molecule has 1 amide bonds. The van der Waals surface area contributed by atoms with Crippen molar-refractivity contribution in [1.29, 1.82) is 0 Å². The summed E-state index contributed by atoms with van der Waals surface area (Å²) < 4.78 is 0. The first-order valence-electron chi connectivity index (χ1n) is 6.15. The molecule has 2 rings (SSSR count). The molecule has 0 bridgehead atoms. The molecule has 0 saturated carbocycles. The molecule has 0 aliphatic heterocycles. The highest BCUT2D eigenvalue weighted by atomic mass is 16.2. The van der Waals surface area contributed by atoms with Gasteiger partial charge in [0.15, 0.2) is 0 Å². The van der Waals surface area contributed by atoms with Crippen molar-refractivity contribution >= 4 is 5.91 Å². The van der Waals surface area contributed by atoms with Crippen molar-refractivity contribution < 1.29 is 4.79 Å². The molecular formula is C14H18N4O. The number of aromatic nitrogens is 2. The van der Waals surface area contributed by atoms with Gasteiger partial charge in [0.25, 0.3) is 5.91 Å². The molecule has 0 saturated heterocycles. The molecule has 0 unspecified atom stereocenters. The average molecular weight is 258 g/mol. The van der Waals surface area contributed by atoms with Gasteiger partial charge >= 0.3 is 0 Å². The Morgan fingerprint density at radius 3 is 2.63 bits per heavy atom. The van der Waals surface area contributed by atoms with Crippen LogP contribution in [0.15, 0.2) is 30.5 Å². The van der Waals surface area contributed by atoms with Crippen molar-refractivity contribution in [2.75, 3.05) is 7.05 Å². The molecule has 0 aliphatic rings. The maximum Gasteiger partial charge on any atom is 0.257 e. The number of carbonyl (C=O) groups excluding carboxylic acids is 1. The molecule has 0 radical (unpaired) electrons. The number of benzene rings is 1. The van der Waals surface area contributed by atoms with E-state index in [-0.39, 0.29) is 5.91 Å². The van der Waals surface area contributed by atoms with Gasteiger partial charge < -0.3 is 10.6 Å². The van der Waals surface area contributed by atoms with Crippen molar-refractivity contribution in [3.63, 3.8) is 0 Å². The van der Waals surface area contributed by atoms with E-state index in [1.165, 1.54) is 0 Å². The molecule has 1 aromatic heterocycles. The van der Waals surface area contributed by atoms with Crippen molar-refractivity contribution in [2.24, 2.45) is 5.73 Å². The second kappa shape index (κ2) is 5.67. The molecule has 5 nitrogen and oxygen atoms in total. The summed E-state index contributed by atoms with van der Waals surface area (Å²) in [6.07, 6.45) is 1.56. The topological polar surface area (TPSA) is 75.0 Å². The van der Waals surface area contributed by atoms with Crippen LogP contribution < -0.4 is 5.73 Å². The summed E-state index contributed by atoms with van der Waals surface area (Å²) >= 11 is 0. The van der Waals surface area contributed by atoms with Crippen LogP contribution >= 0.6 is 0 Å². The third kappa shape index (κ3) is 2.82. The molecule has 0 fully saturated rings. The summed E-state index contributed by atoms with van der Waals surface area (Å²) in [5.41, 5.74) is 9.22. The standard InChI is InChI=1S/C14H18N4O/c1-10-13(8-16-17-10)14(19)18(2)9-12-6-4-3-5-11(12)7-15/h3-6,8H,7,9,15H2,1-2H3,(H,16,17). The molecule has 0 atom stereocenters. The first-order chi connectivity index (χ1) is 9.13. The number of nitrogens with one attached hydrogen (secondary N) is 1. The molecule has 1 aromatic carbocycles. The summed E-state index contributed by atoms with van der Waals surface area (Å²) in [5.74, 6) is -0.0434. The smallest absolute Gasteiger partial charge is 0.257 e. The summed E-state index contributed by atoms with van der Waals surface area (Å²) in [6, 6.07) is 7.88. The lowest BCUT2D eigenvalue weighted by atomic mass is 10.1. The molecule has 3 N–H and O–H groups in total. The first kappa shape index (κ1) is 13.3. The van der Waals surface area contributed by atoms with Crippen molar-refractivity contribution in [1.82, 2.24) is 15.1 Å². The average Bonchev–Trinajstić information content (AvgIpc) is 2.84. The van der Waals surface area contributed by atoms with E-state index in [4.69, 9.17) is 5.73 Å². The number of rotatable bonds is 4. The summed E-state index contributed by atoms with van der Waals surface area (Å²) in [7, 11) is 1.78. The van der Waals surface area contributed by atoms with E-state index in [0.717, 1.165) is 16.8 Å². The minimum atomic E-state index is -0.0434. The second-order valence-electron chi connectivity index (χ2n) is 4.54. The number of carbonyl (C=O) groups is 1. The highest BCUT2D eigenvalue weighted by Gasteiger charge is 2.16. The number of amides is 1. The molecule has 100 valence electrons. The quantitative estimate of drug-likeness (QED) is 0.871. The molecule has 0 aliphatic carbocycles. The number of nitrogens with zero attached hydrogens (tertiary/aromatic N) is 2. The largest absolute Gasteiger partial charge is 0.337 e. The number of aryl methyl sites for hydroxylation is 1. The maximum atomic E-state index is 12.3. The second-order valence-corrected chi connectivity index (χ2v) is 4.54. The van der Waals surface area contributed by atoms with E-state index in [9.17, 15) is 4.79 Å². The number of hydrogen-bond donors (Lipinski definition) is 2. The minimum absolute atomic E-state index is 0.0434. The van der Waals surface area contributed by atoms with E-state index in [0.29, 0.717) is 18.7 Å². The lowest BCUT2D eigenvalue weighted by Gasteiger charge is -2.18. The van der Waals surface area contributed by atoms with Gasteiger partial charge in [-0.3, -0.25) is 9.89 Å². The highest BCUT2D eigenvalue weighted by molar-refractivity contribution is 5.94. The van der Waals surface area contributed by atoms with E-state index in [1.807, 2.05) is 31.2 Å². The molecule has 5 heteroatoms. The van der Waals surface area contributed by atoms with Gasteiger partial charge in [-0.15, -0.1) is 0 Å². The third-order valence-corrected chi connectivity index (χ3v) is 3.15. The number of nitrogens with two attached hydrogens (primary N) is 1. The van der Waals surface area contributed by atoms with E-state index in [2.05, 4.69) is 10.2 Å². The van der Waals surface area contributed by atoms with Gasteiger partial charge in [-0.2, -0.15) is 5.10 Å². The monoisotopic (exact) mass is 258 g/mol. The van der Waals surface area contributed by atoms with Crippen molar-refractivity contribution in [2.45, 2.75) is 20.0 Å². The summed E-state index contributed by atoms with van der Waals surface area (Å²) in [6.45, 7) is 2.85. The third-order valence-electron chi connectivity index (χ3n) is 3.15. The van der Waals surface area contributed by atoms with Gasteiger partial charge in [0.1, 0.15) is 0 Å². The van der Waals surface area contributed by atoms with Gasteiger partial charge in [0, 0.05) is 25.8 Å². The Balaban J connectivity index is 2.15. The normalized spacial score (nSPS) is 10.5. The zero-order chi connectivity index (χ0) is 13.8. The fourth-order valence-electron chi connectivity index (χ4n) is 2.01. The molecule has 0 spiro atoms. The lowest BCUT2D eigenvalue weighted by Crippen LogP contribution is -2.27. The molecule has 1 heterocycles. The highest BCUT2D eigenvalue weighted by Crippen LogP contribution is 2.13. The Labute approximate surface area is 112 Å². The Hall–Kier alpha value is -2.14. The SMILES string of the molecule is Cc1[nH]ncc1C(=O)N(C)Cc1ccccc1CN. The molecule has 2 aromatic rings. The van der Waals surface area contributed by atoms with Crippen molar-refractivity contribution in [3.8, 4) is 0 Å². The van der Waals surface area contributed by atoms with Crippen LogP contribution in [0.1, 0.15) is 27.2 Å². The van der Waals surface area contributed by atoms with Gasteiger partial charge in [-0.25, -0.2) is 0 Å². The first-order valence-corrected chi connectivity index (χ1v) is 6.15. The number of hydrogen-bond acceptors (Lipinski definition) is 3. The zero-order valence-corrected chi connectivity index (χ0v) is 11.2. The summed E-state index contributed by atoms with van der Waals surface area (Å²) in [4.78, 5) is 13.9. The van der Waals surface area contributed by atoms with Crippen LogP contribution in [0.2, 0.25) is 0 Å². The van der Waals surface area contributed by atoms with Crippen LogP contribution in [-0.4, -0.2) is 28.1 Å². The van der Waals surface area contributed by atoms with E-state index in [1.54, 1.807) is 18.1 Å². The fourth-order valence-corrected chi connectivity index (χ4v) is 2.01. The van der Waals surface area contributed by atoms with E-state index < -0.39 is 0 Å². The Bertz CT molecular complexity index is 576. The molecule has 19 heavy (non-hydrogen) atoms. The van der Waals surface area contributed by atoms with Gasteiger partial charge in [0.2, 0.25) is 0 Å². The number of H-pyrrole nitrogens is 1. The zero-order valence-electron chi connectivity index (χ0n) is 11.2. The van der Waals surface area contributed by atoms with Crippen LogP contribution in [0.3, 0.4) is 0 Å². The Kier molecular flexibility index (Phi) is 3.97. The predicted molar refractivity (Wildman–Crippen MR) is 73.5 cm³/mol. The van der Waals surface area contributed by atoms with Gasteiger partial charge in [0.05, 0.1) is 11.8 Å².